The summed E-state index contributed by atoms with van der Waals surface area (Å²) in [6, 6.07) is 4.70. The number of hydrogen-bond donors (Lipinski definition) is 1. The molecule has 0 radical (unpaired) electrons. The van der Waals surface area contributed by atoms with Gasteiger partial charge in [0.25, 0.3) is 0 Å². The molecule has 1 saturated heterocycles. The van der Waals surface area contributed by atoms with Crippen LogP contribution in [0.3, 0.4) is 0 Å². The lowest BCUT2D eigenvalue weighted by Crippen LogP contribution is -2.45. The third-order valence-electron chi connectivity index (χ3n) is 3.18. The van der Waals surface area contributed by atoms with Crippen LogP contribution in [0.1, 0.15) is 25.3 Å². The van der Waals surface area contributed by atoms with Gasteiger partial charge in [0.05, 0.1) is 12.2 Å². The number of halogens is 2. The van der Waals surface area contributed by atoms with Gasteiger partial charge in [-0.2, -0.15) is 0 Å². The molecule has 1 aliphatic heterocycles. The van der Waals surface area contributed by atoms with E-state index in [1.165, 1.54) is 6.07 Å². The number of nitrogens with one attached hydrogen (secondary N) is 1. The molecule has 1 atom stereocenters. The van der Waals surface area contributed by atoms with Gasteiger partial charge in [-0.15, -0.1) is 0 Å². The Morgan fingerprint density at radius 3 is 3.00 bits per heavy atom. The number of rotatable bonds is 3. The van der Waals surface area contributed by atoms with Gasteiger partial charge < -0.3 is 10.1 Å². The fourth-order valence-corrected chi connectivity index (χ4v) is 2.29. The first-order chi connectivity index (χ1) is 8.11. The molecule has 0 saturated carbocycles. The summed E-state index contributed by atoms with van der Waals surface area (Å²) in [6.07, 6.45) is 2.08. The lowest BCUT2D eigenvalue weighted by molar-refractivity contribution is -0.0579. The zero-order chi connectivity index (χ0) is 12.3. The Kier molecular flexibility index (Phi) is 4.02. The molecule has 0 spiro atoms. The van der Waals surface area contributed by atoms with Gasteiger partial charge in [0.15, 0.2) is 0 Å². The molecule has 1 aliphatic rings. The van der Waals surface area contributed by atoms with Crippen molar-refractivity contribution in [3.8, 4) is 0 Å². The van der Waals surface area contributed by atoms with Gasteiger partial charge in [-0.05, 0) is 38.4 Å². The summed E-state index contributed by atoms with van der Waals surface area (Å²) in [4.78, 5) is 0. The van der Waals surface area contributed by atoms with E-state index in [0.29, 0.717) is 10.6 Å². The van der Waals surface area contributed by atoms with Crippen LogP contribution in [-0.4, -0.2) is 18.7 Å². The van der Waals surface area contributed by atoms with Gasteiger partial charge in [-0.25, -0.2) is 4.39 Å². The number of ether oxygens (including phenoxy) is 1. The van der Waals surface area contributed by atoms with Gasteiger partial charge in [0, 0.05) is 17.1 Å². The van der Waals surface area contributed by atoms with E-state index in [1.807, 2.05) is 6.92 Å². The molecule has 0 aromatic heterocycles. The first-order valence-corrected chi connectivity index (χ1v) is 6.26. The number of piperidine rings is 1. The largest absolute Gasteiger partial charge is 0.369 e. The predicted octanol–water partition coefficient (Wildman–Crippen LogP) is 3.14. The van der Waals surface area contributed by atoms with Crippen LogP contribution in [0.2, 0.25) is 5.02 Å². The molecule has 0 amide bonds. The highest BCUT2D eigenvalue weighted by Crippen LogP contribution is 2.25. The first kappa shape index (κ1) is 12.8. The van der Waals surface area contributed by atoms with Crippen molar-refractivity contribution in [2.75, 3.05) is 13.1 Å². The molecule has 4 heteroatoms. The topological polar surface area (TPSA) is 21.3 Å². The van der Waals surface area contributed by atoms with Crippen molar-refractivity contribution in [2.24, 2.45) is 0 Å². The third kappa shape index (κ3) is 3.18. The Balaban J connectivity index is 2.02. The van der Waals surface area contributed by atoms with Crippen molar-refractivity contribution < 1.29 is 9.13 Å². The summed E-state index contributed by atoms with van der Waals surface area (Å²) in [7, 11) is 0. The fourth-order valence-electron chi connectivity index (χ4n) is 2.07. The Labute approximate surface area is 106 Å². The second-order valence-corrected chi connectivity index (χ2v) is 5.13. The highest BCUT2D eigenvalue weighted by Gasteiger charge is 2.27. The van der Waals surface area contributed by atoms with Crippen LogP contribution in [0.4, 0.5) is 4.39 Å². The standard InChI is InChI=1S/C13H17ClFNO/c1-13(6-3-7-16-9-13)17-8-10-11(14)4-2-5-12(10)15/h2,4-5,16H,3,6-9H2,1H3. The van der Waals surface area contributed by atoms with E-state index in [9.17, 15) is 4.39 Å². The molecule has 2 nitrogen and oxygen atoms in total. The van der Waals surface area contributed by atoms with Gasteiger partial charge in [-0.1, -0.05) is 17.7 Å². The fraction of sp³-hybridized carbons (Fsp3) is 0.538. The molecular formula is C13H17ClFNO. The zero-order valence-electron chi connectivity index (χ0n) is 9.93. The molecule has 1 N–H and O–H groups in total. The summed E-state index contributed by atoms with van der Waals surface area (Å²) in [5.41, 5.74) is 0.227. The average Bonchev–Trinajstić information content (AvgIpc) is 2.29. The summed E-state index contributed by atoms with van der Waals surface area (Å²) in [5.74, 6) is -0.301. The van der Waals surface area contributed by atoms with E-state index in [1.54, 1.807) is 12.1 Å². The molecule has 17 heavy (non-hydrogen) atoms. The van der Waals surface area contributed by atoms with Crippen LogP contribution in [0, 0.1) is 5.82 Å². The highest BCUT2D eigenvalue weighted by molar-refractivity contribution is 6.31. The molecular weight excluding hydrogens is 241 g/mol. The van der Waals surface area contributed by atoms with E-state index in [0.717, 1.165) is 25.9 Å². The van der Waals surface area contributed by atoms with Crippen molar-refractivity contribution in [3.63, 3.8) is 0 Å². The van der Waals surface area contributed by atoms with Crippen LogP contribution in [0.25, 0.3) is 0 Å². The molecule has 1 heterocycles. The van der Waals surface area contributed by atoms with Crippen LogP contribution < -0.4 is 5.32 Å². The van der Waals surface area contributed by atoms with Crippen molar-refractivity contribution >= 4 is 11.6 Å². The Morgan fingerprint density at radius 2 is 2.35 bits per heavy atom. The van der Waals surface area contributed by atoms with E-state index in [2.05, 4.69) is 5.32 Å². The molecule has 0 aliphatic carbocycles. The quantitative estimate of drug-likeness (QED) is 0.898. The SMILES string of the molecule is CC1(OCc2c(F)cccc2Cl)CCCNC1. The monoisotopic (exact) mass is 257 g/mol. The van der Waals surface area contributed by atoms with Crippen LogP contribution in [0.5, 0.6) is 0 Å². The molecule has 1 aromatic carbocycles. The van der Waals surface area contributed by atoms with Gasteiger partial charge in [0.1, 0.15) is 5.82 Å². The van der Waals surface area contributed by atoms with Gasteiger partial charge in [-0.3, -0.25) is 0 Å². The number of hydrogen-bond acceptors (Lipinski definition) is 2. The van der Waals surface area contributed by atoms with Crippen LogP contribution in [-0.2, 0) is 11.3 Å². The molecule has 1 aromatic rings. The average molecular weight is 258 g/mol. The summed E-state index contributed by atoms with van der Waals surface area (Å²) >= 11 is 5.96. The molecule has 2 rings (SSSR count). The molecule has 94 valence electrons. The van der Waals surface area contributed by atoms with Crippen molar-refractivity contribution in [2.45, 2.75) is 32.0 Å². The van der Waals surface area contributed by atoms with E-state index in [-0.39, 0.29) is 18.0 Å². The van der Waals surface area contributed by atoms with Crippen molar-refractivity contribution in [3.05, 3.63) is 34.6 Å². The summed E-state index contributed by atoms with van der Waals surface area (Å²) in [6.45, 7) is 4.11. The van der Waals surface area contributed by atoms with E-state index >= 15 is 0 Å². The minimum Gasteiger partial charge on any atom is -0.369 e. The maximum atomic E-state index is 13.5. The first-order valence-electron chi connectivity index (χ1n) is 5.88. The Bertz CT molecular complexity index is 371. The minimum atomic E-state index is -0.301. The van der Waals surface area contributed by atoms with E-state index in [4.69, 9.17) is 16.3 Å². The lowest BCUT2D eigenvalue weighted by atomic mass is 9.96. The van der Waals surface area contributed by atoms with E-state index < -0.39 is 0 Å². The lowest BCUT2D eigenvalue weighted by Gasteiger charge is -2.34. The molecule has 0 bridgehead atoms. The zero-order valence-corrected chi connectivity index (χ0v) is 10.7. The maximum Gasteiger partial charge on any atom is 0.130 e. The summed E-state index contributed by atoms with van der Waals surface area (Å²) in [5, 5.41) is 3.72. The second-order valence-electron chi connectivity index (χ2n) is 4.72. The molecule has 1 fully saturated rings. The highest BCUT2D eigenvalue weighted by atomic mass is 35.5. The van der Waals surface area contributed by atoms with Crippen molar-refractivity contribution in [1.82, 2.24) is 5.32 Å². The van der Waals surface area contributed by atoms with Crippen LogP contribution in [0.15, 0.2) is 18.2 Å². The second kappa shape index (κ2) is 5.34. The van der Waals surface area contributed by atoms with Gasteiger partial charge >= 0.3 is 0 Å². The summed E-state index contributed by atoms with van der Waals surface area (Å²) < 4.78 is 19.4. The molecule has 1 unspecified atom stereocenters. The Morgan fingerprint density at radius 1 is 1.53 bits per heavy atom. The minimum absolute atomic E-state index is 0.218. The third-order valence-corrected chi connectivity index (χ3v) is 3.54. The van der Waals surface area contributed by atoms with Gasteiger partial charge in [0.2, 0.25) is 0 Å². The maximum absolute atomic E-state index is 13.5. The smallest absolute Gasteiger partial charge is 0.130 e. The normalized spacial score (nSPS) is 24.9. The van der Waals surface area contributed by atoms with Crippen LogP contribution >= 0.6 is 11.6 Å². The Hall–Kier alpha value is -0.640. The number of benzene rings is 1. The van der Waals surface area contributed by atoms with Crippen molar-refractivity contribution in [1.29, 1.82) is 0 Å². The predicted molar refractivity (Wildman–Crippen MR) is 66.7 cm³/mol.